The van der Waals surface area contributed by atoms with Gasteiger partial charge in [0.15, 0.2) is 0 Å². The van der Waals surface area contributed by atoms with E-state index in [0.717, 1.165) is 29.7 Å². The standard InChI is InChI=1S/C16H26N2O2/c1-12-7-5-8-14(11-13(2)17)16(12)20-10-6-9-15(19)18(3)4/h5,7-8,13H,6,9-11,17H2,1-4H3. The Balaban J connectivity index is 2.56. The second kappa shape index (κ2) is 7.90. The topological polar surface area (TPSA) is 55.6 Å². The van der Waals surface area contributed by atoms with E-state index in [4.69, 9.17) is 10.5 Å². The lowest BCUT2D eigenvalue weighted by Crippen LogP contribution is -2.22. The van der Waals surface area contributed by atoms with Crippen molar-refractivity contribution in [2.75, 3.05) is 20.7 Å². The van der Waals surface area contributed by atoms with Gasteiger partial charge in [-0.1, -0.05) is 18.2 Å². The zero-order valence-electron chi connectivity index (χ0n) is 13.0. The molecule has 1 aromatic carbocycles. The van der Waals surface area contributed by atoms with Crippen LogP contribution in [0.15, 0.2) is 18.2 Å². The van der Waals surface area contributed by atoms with E-state index in [2.05, 4.69) is 6.07 Å². The van der Waals surface area contributed by atoms with Crippen LogP contribution >= 0.6 is 0 Å². The van der Waals surface area contributed by atoms with Gasteiger partial charge in [-0.2, -0.15) is 0 Å². The lowest BCUT2D eigenvalue weighted by atomic mass is 10.0. The minimum atomic E-state index is 0.106. The fraction of sp³-hybridized carbons (Fsp3) is 0.562. The van der Waals surface area contributed by atoms with Gasteiger partial charge < -0.3 is 15.4 Å². The molecular formula is C16H26N2O2. The molecule has 1 aromatic rings. The molecule has 0 aliphatic rings. The number of hydrogen-bond acceptors (Lipinski definition) is 3. The lowest BCUT2D eigenvalue weighted by molar-refractivity contribution is -0.128. The predicted molar refractivity (Wildman–Crippen MR) is 82.0 cm³/mol. The van der Waals surface area contributed by atoms with E-state index in [0.29, 0.717) is 13.0 Å². The SMILES string of the molecule is Cc1cccc(CC(C)N)c1OCCCC(=O)N(C)C. The van der Waals surface area contributed by atoms with E-state index in [1.54, 1.807) is 19.0 Å². The number of carbonyl (C=O) groups excluding carboxylic acids is 1. The summed E-state index contributed by atoms with van der Waals surface area (Å²) >= 11 is 0. The van der Waals surface area contributed by atoms with Crippen LogP contribution in [0.1, 0.15) is 30.9 Å². The quantitative estimate of drug-likeness (QED) is 0.777. The Morgan fingerprint density at radius 2 is 2.10 bits per heavy atom. The van der Waals surface area contributed by atoms with Crippen LogP contribution in [-0.2, 0) is 11.2 Å². The number of benzene rings is 1. The minimum Gasteiger partial charge on any atom is -0.493 e. The van der Waals surface area contributed by atoms with Crippen molar-refractivity contribution in [3.8, 4) is 5.75 Å². The van der Waals surface area contributed by atoms with Gasteiger partial charge in [-0.05, 0) is 37.8 Å². The van der Waals surface area contributed by atoms with Crippen LogP contribution in [0.4, 0.5) is 0 Å². The van der Waals surface area contributed by atoms with Gasteiger partial charge in [-0.15, -0.1) is 0 Å². The van der Waals surface area contributed by atoms with Crippen molar-refractivity contribution in [3.05, 3.63) is 29.3 Å². The first-order chi connectivity index (χ1) is 9.41. The summed E-state index contributed by atoms with van der Waals surface area (Å²) in [7, 11) is 3.54. The molecule has 1 amide bonds. The molecule has 4 nitrogen and oxygen atoms in total. The van der Waals surface area contributed by atoms with Gasteiger partial charge in [0, 0.05) is 26.6 Å². The summed E-state index contributed by atoms with van der Waals surface area (Å²) in [6.07, 6.45) is 2.04. The highest BCUT2D eigenvalue weighted by Gasteiger charge is 2.09. The molecule has 1 atom stereocenters. The molecule has 0 spiro atoms. The maximum atomic E-state index is 11.5. The Morgan fingerprint density at radius 3 is 2.70 bits per heavy atom. The summed E-state index contributed by atoms with van der Waals surface area (Å²) in [6, 6.07) is 6.21. The van der Waals surface area contributed by atoms with Gasteiger partial charge in [-0.3, -0.25) is 4.79 Å². The maximum absolute atomic E-state index is 11.5. The van der Waals surface area contributed by atoms with Gasteiger partial charge in [0.2, 0.25) is 5.91 Å². The van der Waals surface area contributed by atoms with Crippen LogP contribution in [0.25, 0.3) is 0 Å². The Morgan fingerprint density at radius 1 is 1.40 bits per heavy atom. The highest BCUT2D eigenvalue weighted by Crippen LogP contribution is 2.24. The number of para-hydroxylation sites is 1. The zero-order valence-corrected chi connectivity index (χ0v) is 13.0. The first-order valence-electron chi connectivity index (χ1n) is 7.09. The van der Waals surface area contributed by atoms with Crippen LogP contribution in [0, 0.1) is 6.92 Å². The molecule has 1 unspecified atom stereocenters. The van der Waals surface area contributed by atoms with Crippen LogP contribution < -0.4 is 10.5 Å². The first-order valence-corrected chi connectivity index (χ1v) is 7.09. The minimum absolute atomic E-state index is 0.106. The summed E-state index contributed by atoms with van der Waals surface area (Å²) < 4.78 is 5.87. The molecule has 0 heterocycles. The van der Waals surface area contributed by atoms with Gasteiger partial charge >= 0.3 is 0 Å². The smallest absolute Gasteiger partial charge is 0.222 e. The number of aryl methyl sites for hydroxylation is 1. The highest BCUT2D eigenvalue weighted by atomic mass is 16.5. The van der Waals surface area contributed by atoms with Crippen molar-refractivity contribution in [1.82, 2.24) is 4.90 Å². The summed E-state index contributed by atoms with van der Waals surface area (Å²) in [6.45, 7) is 4.57. The third-order valence-electron chi connectivity index (χ3n) is 3.12. The number of ether oxygens (including phenoxy) is 1. The van der Waals surface area contributed by atoms with Crippen molar-refractivity contribution in [2.24, 2.45) is 5.73 Å². The van der Waals surface area contributed by atoms with E-state index in [9.17, 15) is 4.79 Å². The molecule has 112 valence electrons. The molecule has 0 radical (unpaired) electrons. The Bertz CT molecular complexity index is 442. The number of rotatable bonds is 7. The number of carbonyl (C=O) groups is 1. The predicted octanol–water partition coefficient (Wildman–Crippen LogP) is 2.13. The zero-order chi connectivity index (χ0) is 15.1. The summed E-state index contributed by atoms with van der Waals surface area (Å²) in [5, 5.41) is 0. The summed E-state index contributed by atoms with van der Waals surface area (Å²) in [5.74, 6) is 1.05. The molecule has 0 aliphatic heterocycles. The number of amides is 1. The van der Waals surface area contributed by atoms with Crippen LogP contribution in [-0.4, -0.2) is 37.6 Å². The van der Waals surface area contributed by atoms with Crippen LogP contribution in [0.5, 0.6) is 5.75 Å². The number of hydrogen-bond donors (Lipinski definition) is 1. The second-order valence-electron chi connectivity index (χ2n) is 5.48. The van der Waals surface area contributed by atoms with E-state index < -0.39 is 0 Å². The fourth-order valence-corrected chi connectivity index (χ4v) is 2.05. The lowest BCUT2D eigenvalue weighted by Gasteiger charge is -2.16. The average Bonchev–Trinajstić information content (AvgIpc) is 2.36. The molecule has 20 heavy (non-hydrogen) atoms. The Hall–Kier alpha value is -1.55. The summed E-state index contributed by atoms with van der Waals surface area (Å²) in [5.41, 5.74) is 8.12. The second-order valence-corrected chi connectivity index (χ2v) is 5.48. The Kier molecular flexibility index (Phi) is 6.52. The molecule has 4 heteroatoms. The third kappa shape index (κ3) is 5.21. The monoisotopic (exact) mass is 278 g/mol. The van der Waals surface area contributed by atoms with Gasteiger partial charge in [-0.25, -0.2) is 0 Å². The van der Waals surface area contributed by atoms with Crippen molar-refractivity contribution in [3.63, 3.8) is 0 Å². The summed E-state index contributed by atoms with van der Waals surface area (Å²) in [4.78, 5) is 13.1. The largest absolute Gasteiger partial charge is 0.493 e. The molecule has 0 aromatic heterocycles. The van der Waals surface area contributed by atoms with E-state index in [-0.39, 0.29) is 11.9 Å². The molecule has 0 saturated heterocycles. The first kappa shape index (κ1) is 16.5. The molecule has 0 bridgehead atoms. The normalized spacial score (nSPS) is 12.1. The van der Waals surface area contributed by atoms with E-state index >= 15 is 0 Å². The molecule has 0 saturated carbocycles. The van der Waals surface area contributed by atoms with Crippen molar-refractivity contribution in [1.29, 1.82) is 0 Å². The van der Waals surface area contributed by atoms with E-state index in [1.165, 1.54) is 0 Å². The molecule has 0 aliphatic carbocycles. The maximum Gasteiger partial charge on any atom is 0.222 e. The van der Waals surface area contributed by atoms with Crippen LogP contribution in [0.3, 0.4) is 0 Å². The number of nitrogens with two attached hydrogens (primary N) is 1. The van der Waals surface area contributed by atoms with Crippen molar-refractivity contribution >= 4 is 5.91 Å². The molecule has 2 N–H and O–H groups in total. The number of nitrogens with zero attached hydrogens (tertiary/aromatic N) is 1. The fourth-order valence-electron chi connectivity index (χ4n) is 2.05. The highest BCUT2D eigenvalue weighted by molar-refractivity contribution is 5.75. The van der Waals surface area contributed by atoms with Gasteiger partial charge in [0.25, 0.3) is 0 Å². The molecular weight excluding hydrogens is 252 g/mol. The Labute approximate surface area is 121 Å². The molecule has 1 rings (SSSR count). The average molecular weight is 278 g/mol. The van der Waals surface area contributed by atoms with Crippen molar-refractivity contribution < 1.29 is 9.53 Å². The third-order valence-corrected chi connectivity index (χ3v) is 3.12. The molecule has 0 fully saturated rings. The van der Waals surface area contributed by atoms with Crippen molar-refractivity contribution in [2.45, 2.75) is 39.2 Å². The van der Waals surface area contributed by atoms with Crippen LogP contribution in [0.2, 0.25) is 0 Å². The van der Waals surface area contributed by atoms with Gasteiger partial charge in [0.05, 0.1) is 6.61 Å². The van der Waals surface area contributed by atoms with E-state index in [1.807, 2.05) is 26.0 Å². The van der Waals surface area contributed by atoms with Gasteiger partial charge in [0.1, 0.15) is 5.75 Å².